The van der Waals surface area contributed by atoms with Crippen LogP contribution in [0.3, 0.4) is 0 Å². The molecule has 0 radical (unpaired) electrons. The standard InChI is InChI=1S/C14H19NO5/c1-9(2)15(8-13(16)17)14(18)11-6-5-10(19-3)7-12(11)20-4/h5-7,9H,8H2,1-4H3,(H,16,17). The molecule has 20 heavy (non-hydrogen) atoms. The van der Waals surface area contributed by atoms with Crippen LogP contribution in [-0.2, 0) is 4.79 Å². The monoisotopic (exact) mass is 281 g/mol. The summed E-state index contributed by atoms with van der Waals surface area (Å²) in [6, 6.07) is 4.56. The number of hydrogen-bond donors (Lipinski definition) is 1. The number of aliphatic carboxylic acids is 1. The highest BCUT2D eigenvalue weighted by Gasteiger charge is 2.24. The molecule has 0 aromatic heterocycles. The van der Waals surface area contributed by atoms with Crippen LogP contribution in [0.1, 0.15) is 24.2 Å². The highest BCUT2D eigenvalue weighted by atomic mass is 16.5. The van der Waals surface area contributed by atoms with Gasteiger partial charge in [-0.15, -0.1) is 0 Å². The van der Waals surface area contributed by atoms with Gasteiger partial charge in [0.25, 0.3) is 5.91 Å². The van der Waals surface area contributed by atoms with E-state index in [0.29, 0.717) is 17.1 Å². The SMILES string of the molecule is COc1ccc(C(=O)N(CC(=O)O)C(C)C)c(OC)c1. The van der Waals surface area contributed by atoms with E-state index in [1.807, 2.05) is 0 Å². The van der Waals surface area contributed by atoms with Gasteiger partial charge in [-0.2, -0.15) is 0 Å². The maximum atomic E-state index is 12.4. The second-order valence-corrected chi connectivity index (χ2v) is 4.49. The van der Waals surface area contributed by atoms with E-state index in [1.54, 1.807) is 32.0 Å². The number of nitrogens with zero attached hydrogens (tertiary/aromatic N) is 1. The van der Waals surface area contributed by atoms with Crippen molar-refractivity contribution < 1.29 is 24.2 Å². The van der Waals surface area contributed by atoms with Crippen molar-refractivity contribution in [1.29, 1.82) is 0 Å². The molecule has 110 valence electrons. The second-order valence-electron chi connectivity index (χ2n) is 4.49. The van der Waals surface area contributed by atoms with Gasteiger partial charge in [0.15, 0.2) is 0 Å². The largest absolute Gasteiger partial charge is 0.497 e. The van der Waals surface area contributed by atoms with E-state index in [9.17, 15) is 9.59 Å². The molecule has 1 amide bonds. The third-order valence-electron chi connectivity index (χ3n) is 2.83. The van der Waals surface area contributed by atoms with Gasteiger partial charge in [0, 0.05) is 12.1 Å². The first-order chi connectivity index (χ1) is 9.40. The summed E-state index contributed by atoms with van der Waals surface area (Å²) in [6.45, 7) is 3.17. The van der Waals surface area contributed by atoms with Crippen molar-refractivity contribution in [2.75, 3.05) is 20.8 Å². The highest BCUT2D eigenvalue weighted by Crippen LogP contribution is 2.26. The highest BCUT2D eigenvalue weighted by molar-refractivity contribution is 5.98. The number of ether oxygens (including phenoxy) is 2. The number of benzene rings is 1. The summed E-state index contributed by atoms with van der Waals surface area (Å²) in [7, 11) is 2.96. The molecule has 6 heteroatoms. The fourth-order valence-electron chi connectivity index (χ4n) is 1.76. The lowest BCUT2D eigenvalue weighted by atomic mass is 10.1. The Morgan fingerprint density at radius 2 is 1.90 bits per heavy atom. The fraction of sp³-hybridized carbons (Fsp3) is 0.429. The van der Waals surface area contributed by atoms with Crippen molar-refractivity contribution >= 4 is 11.9 Å². The number of carbonyl (C=O) groups excluding carboxylic acids is 1. The predicted octanol–water partition coefficient (Wildman–Crippen LogP) is 1.64. The van der Waals surface area contributed by atoms with Crippen LogP contribution in [0.2, 0.25) is 0 Å². The molecular weight excluding hydrogens is 262 g/mol. The molecule has 1 N–H and O–H groups in total. The number of rotatable bonds is 6. The third-order valence-corrected chi connectivity index (χ3v) is 2.83. The zero-order chi connectivity index (χ0) is 15.3. The summed E-state index contributed by atoms with van der Waals surface area (Å²) in [5.41, 5.74) is 0.309. The van der Waals surface area contributed by atoms with Crippen LogP contribution in [0.25, 0.3) is 0 Å². The molecule has 1 aromatic carbocycles. The first-order valence-corrected chi connectivity index (χ1v) is 6.15. The van der Waals surface area contributed by atoms with Crippen molar-refractivity contribution in [1.82, 2.24) is 4.90 Å². The van der Waals surface area contributed by atoms with Crippen molar-refractivity contribution in [3.05, 3.63) is 23.8 Å². The Hall–Kier alpha value is -2.24. The normalized spacial score (nSPS) is 10.2. The lowest BCUT2D eigenvalue weighted by Crippen LogP contribution is -2.40. The van der Waals surface area contributed by atoms with Gasteiger partial charge in [-0.25, -0.2) is 0 Å². The Morgan fingerprint density at radius 1 is 1.25 bits per heavy atom. The van der Waals surface area contributed by atoms with E-state index in [-0.39, 0.29) is 18.5 Å². The van der Waals surface area contributed by atoms with Crippen LogP contribution >= 0.6 is 0 Å². The lowest BCUT2D eigenvalue weighted by Gasteiger charge is -2.25. The predicted molar refractivity (Wildman–Crippen MR) is 73.4 cm³/mol. The summed E-state index contributed by atoms with van der Waals surface area (Å²) >= 11 is 0. The lowest BCUT2D eigenvalue weighted by molar-refractivity contribution is -0.138. The Morgan fingerprint density at radius 3 is 2.35 bits per heavy atom. The Labute approximate surface area is 117 Å². The molecule has 0 fully saturated rings. The summed E-state index contributed by atoms with van der Waals surface area (Å²) in [5.74, 6) is -0.528. The number of carboxylic acids is 1. The van der Waals surface area contributed by atoms with Crippen molar-refractivity contribution in [2.24, 2.45) is 0 Å². The number of carboxylic acid groups (broad SMARTS) is 1. The van der Waals surface area contributed by atoms with E-state index >= 15 is 0 Å². The Kier molecular flexibility index (Phi) is 5.37. The topological polar surface area (TPSA) is 76.1 Å². The quantitative estimate of drug-likeness (QED) is 0.857. The maximum Gasteiger partial charge on any atom is 0.323 e. The van der Waals surface area contributed by atoms with Gasteiger partial charge in [0.05, 0.1) is 19.8 Å². The minimum Gasteiger partial charge on any atom is -0.497 e. The van der Waals surface area contributed by atoms with Crippen LogP contribution in [-0.4, -0.2) is 48.7 Å². The van der Waals surface area contributed by atoms with E-state index < -0.39 is 5.97 Å². The molecule has 0 bridgehead atoms. The average molecular weight is 281 g/mol. The van der Waals surface area contributed by atoms with E-state index in [2.05, 4.69) is 0 Å². The average Bonchev–Trinajstić information content (AvgIpc) is 2.42. The number of carbonyl (C=O) groups is 2. The van der Waals surface area contributed by atoms with Gasteiger partial charge in [0.1, 0.15) is 18.0 Å². The molecule has 0 spiro atoms. The number of amides is 1. The van der Waals surface area contributed by atoms with Crippen molar-refractivity contribution in [3.63, 3.8) is 0 Å². The summed E-state index contributed by atoms with van der Waals surface area (Å²) < 4.78 is 10.2. The van der Waals surface area contributed by atoms with Crippen molar-refractivity contribution in [2.45, 2.75) is 19.9 Å². The molecule has 0 aliphatic rings. The summed E-state index contributed by atoms with van der Waals surface area (Å²) in [4.78, 5) is 24.6. The maximum absolute atomic E-state index is 12.4. The van der Waals surface area contributed by atoms with Gasteiger partial charge in [-0.3, -0.25) is 9.59 Å². The van der Waals surface area contributed by atoms with Gasteiger partial charge in [-0.05, 0) is 26.0 Å². The first kappa shape index (κ1) is 15.8. The Balaban J connectivity index is 3.14. The molecule has 0 saturated heterocycles. The first-order valence-electron chi connectivity index (χ1n) is 6.15. The van der Waals surface area contributed by atoms with Gasteiger partial charge >= 0.3 is 5.97 Å². The number of methoxy groups -OCH3 is 2. The van der Waals surface area contributed by atoms with Gasteiger partial charge in [0.2, 0.25) is 0 Å². The third kappa shape index (κ3) is 3.63. The van der Waals surface area contributed by atoms with Crippen LogP contribution in [0.15, 0.2) is 18.2 Å². The molecule has 1 rings (SSSR count). The molecular formula is C14H19NO5. The number of hydrogen-bond acceptors (Lipinski definition) is 4. The van der Waals surface area contributed by atoms with Crippen LogP contribution in [0.4, 0.5) is 0 Å². The zero-order valence-corrected chi connectivity index (χ0v) is 12.0. The molecule has 1 aromatic rings. The van der Waals surface area contributed by atoms with E-state index in [4.69, 9.17) is 14.6 Å². The zero-order valence-electron chi connectivity index (χ0n) is 12.0. The molecule has 0 heterocycles. The van der Waals surface area contributed by atoms with Gasteiger partial charge < -0.3 is 19.5 Å². The molecule has 0 saturated carbocycles. The van der Waals surface area contributed by atoms with Gasteiger partial charge in [-0.1, -0.05) is 0 Å². The van der Waals surface area contributed by atoms with Crippen LogP contribution in [0, 0.1) is 0 Å². The smallest absolute Gasteiger partial charge is 0.323 e. The second kappa shape index (κ2) is 6.79. The van der Waals surface area contributed by atoms with Crippen LogP contribution in [0.5, 0.6) is 11.5 Å². The molecule has 0 aliphatic heterocycles. The van der Waals surface area contributed by atoms with Crippen LogP contribution < -0.4 is 9.47 Å². The summed E-state index contributed by atoms with van der Waals surface area (Å²) in [5, 5.41) is 8.89. The van der Waals surface area contributed by atoms with E-state index in [0.717, 1.165) is 0 Å². The van der Waals surface area contributed by atoms with E-state index in [1.165, 1.54) is 19.1 Å². The van der Waals surface area contributed by atoms with Crippen molar-refractivity contribution in [3.8, 4) is 11.5 Å². The minimum atomic E-state index is -1.06. The fourth-order valence-corrected chi connectivity index (χ4v) is 1.76. The molecule has 0 aliphatic carbocycles. The summed E-state index contributed by atoms with van der Waals surface area (Å²) in [6.07, 6.45) is 0. The molecule has 0 unspecified atom stereocenters. The minimum absolute atomic E-state index is 0.231. The Bertz CT molecular complexity index is 498. The molecule has 0 atom stereocenters. The molecule has 6 nitrogen and oxygen atoms in total.